The third-order valence-corrected chi connectivity index (χ3v) is 4.77. The van der Waals surface area contributed by atoms with Crippen molar-refractivity contribution in [1.29, 1.82) is 0 Å². The van der Waals surface area contributed by atoms with Crippen LogP contribution in [0.1, 0.15) is 26.2 Å². The predicted octanol–water partition coefficient (Wildman–Crippen LogP) is 0.868. The number of carboxylic acids is 1. The fourth-order valence-corrected chi connectivity index (χ4v) is 4.05. The number of carbonyl (C=O) groups is 2. The monoisotopic (exact) mass is 223 g/mol. The van der Waals surface area contributed by atoms with Crippen LogP contribution in [0.25, 0.3) is 0 Å². The molecule has 3 fully saturated rings. The minimum atomic E-state index is -0.956. The van der Waals surface area contributed by atoms with Gasteiger partial charge in [0.2, 0.25) is 5.91 Å². The van der Waals surface area contributed by atoms with Crippen molar-refractivity contribution in [2.24, 2.45) is 29.6 Å². The number of aliphatic carboxylic acids is 1. The highest BCUT2D eigenvalue weighted by Crippen LogP contribution is 2.69. The van der Waals surface area contributed by atoms with Gasteiger partial charge in [0.05, 0.1) is 0 Å². The first-order chi connectivity index (χ1) is 7.59. The van der Waals surface area contributed by atoms with E-state index in [0.29, 0.717) is 11.8 Å². The maximum atomic E-state index is 11.9. The standard InChI is InChI=1S/C12H17NO3/c1-5(12(15)16)13-11(14)10-8-6-2-3-7(4-6)9(8)10/h5-10H,2-4H2,1H3,(H,13,14)(H,15,16)/t5-,6?,7?,8?,9?,10?/m1/s1. The second kappa shape index (κ2) is 3.22. The van der Waals surface area contributed by atoms with E-state index in [4.69, 9.17) is 5.11 Å². The Morgan fingerprint density at radius 3 is 2.31 bits per heavy atom. The van der Waals surface area contributed by atoms with Crippen molar-refractivity contribution in [3.05, 3.63) is 0 Å². The van der Waals surface area contributed by atoms with Crippen LogP contribution in [0.3, 0.4) is 0 Å². The summed E-state index contributed by atoms with van der Waals surface area (Å²) in [5, 5.41) is 11.3. The van der Waals surface area contributed by atoms with Crippen molar-refractivity contribution in [1.82, 2.24) is 5.32 Å². The zero-order valence-electron chi connectivity index (χ0n) is 9.35. The molecule has 5 atom stereocenters. The molecule has 1 amide bonds. The Bertz CT molecular complexity index is 338. The lowest BCUT2D eigenvalue weighted by molar-refractivity contribution is -0.141. The maximum Gasteiger partial charge on any atom is 0.325 e. The Morgan fingerprint density at radius 2 is 1.81 bits per heavy atom. The molecule has 2 bridgehead atoms. The van der Waals surface area contributed by atoms with E-state index in [-0.39, 0.29) is 11.8 Å². The number of nitrogens with one attached hydrogen (secondary N) is 1. The summed E-state index contributed by atoms with van der Waals surface area (Å²) in [6.07, 6.45) is 3.88. The van der Waals surface area contributed by atoms with Crippen LogP contribution in [0.2, 0.25) is 0 Å². The second-order valence-electron chi connectivity index (χ2n) is 5.58. The predicted molar refractivity (Wildman–Crippen MR) is 56.5 cm³/mol. The minimum Gasteiger partial charge on any atom is -0.480 e. The molecule has 3 aliphatic rings. The van der Waals surface area contributed by atoms with Gasteiger partial charge in [0.1, 0.15) is 6.04 Å². The van der Waals surface area contributed by atoms with Crippen molar-refractivity contribution < 1.29 is 14.7 Å². The topological polar surface area (TPSA) is 66.4 Å². The van der Waals surface area contributed by atoms with Crippen LogP contribution >= 0.6 is 0 Å². The Kier molecular flexibility index (Phi) is 2.03. The number of rotatable bonds is 3. The molecule has 3 aliphatic carbocycles. The summed E-state index contributed by atoms with van der Waals surface area (Å²) in [6.45, 7) is 1.52. The quantitative estimate of drug-likeness (QED) is 0.746. The number of carboxylic acid groups (broad SMARTS) is 1. The normalized spacial score (nSPS) is 44.9. The highest BCUT2D eigenvalue weighted by atomic mass is 16.4. The molecule has 4 nitrogen and oxygen atoms in total. The van der Waals surface area contributed by atoms with Crippen molar-refractivity contribution in [3.8, 4) is 0 Å². The van der Waals surface area contributed by atoms with E-state index in [1.807, 2.05) is 0 Å². The van der Waals surface area contributed by atoms with Gasteiger partial charge in [0.25, 0.3) is 0 Å². The lowest BCUT2D eigenvalue weighted by Gasteiger charge is -2.12. The van der Waals surface area contributed by atoms with Crippen LogP contribution in [-0.4, -0.2) is 23.0 Å². The van der Waals surface area contributed by atoms with Crippen molar-refractivity contribution in [2.75, 3.05) is 0 Å². The Balaban J connectivity index is 1.61. The largest absolute Gasteiger partial charge is 0.480 e. The average molecular weight is 223 g/mol. The number of hydrogen-bond donors (Lipinski definition) is 2. The summed E-state index contributed by atoms with van der Waals surface area (Å²) in [5.74, 6) is 1.83. The molecule has 0 aromatic rings. The van der Waals surface area contributed by atoms with Gasteiger partial charge in [-0.15, -0.1) is 0 Å². The Morgan fingerprint density at radius 1 is 1.25 bits per heavy atom. The van der Waals surface area contributed by atoms with Gasteiger partial charge < -0.3 is 10.4 Å². The van der Waals surface area contributed by atoms with Crippen LogP contribution in [0, 0.1) is 29.6 Å². The van der Waals surface area contributed by atoms with Crippen LogP contribution in [0.15, 0.2) is 0 Å². The molecule has 0 aromatic carbocycles. The number of fused-ring (bicyclic) bond motifs is 5. The number of carbonyl (C=O) groups excluding carboxylic acids is 1. The van der Waals surface area contributed by atoms with Gasteiger partial charge in [-0.25, -0.2) is 0 Å². The van der Waals surface area contributed by atoms with E-state index < -0.39 is 12.0 Å². The molecule has 16 heavy (non-hydrogen) atoms. The van der Waals surface area contributed by atoms with Crippen LogP contribution in [-0.2, 0) is 9.59 Å². The Labute approximate surface area is 94.4 Å². The summed E-state index contributed by atoms with van der Waals surface area (Å²) in [5.41, 5.74) is 0. The van der Waals surface area contributed by atoms with Gasteiger partial charge in [0.15, 0.2) is 0 Å². The number of amides is 1. The van der Waals surface area contributed by atoms with E-state index in [1.54, 1.807) is 0 Å². The SMILES string of the molecule is C[C@@H](NC(=O)C1C2C3CCC(C3)C12)C(=O)O. The van der Waals surface area contributed by atoms with Gasteiger partial charge in [-0.3, -0.25) is 9.59 Å². The van der Waals surface area contributed by atoms with E-state index in [0.717, 1.165) is 11.8 Å². The van der Waals surface area contributed by atoms with Crippen LogP contribution in [0.4, 0.5) is 0 Å². The summed E-state index contributed by atoms with van der Waals surface area (Å²) in [7, 11) is 0. The first-order valence-corrected chi connectivity index (χ1v) is 6.12. The molecule has 4 heteroatoms. The third kappa shape index (κ3) is 1.28. The molecule has 0 heterocycles. The van der Waals surface area contributed by atoms with E-state index >= 15 is 0 Å². The molecule has 2 N–H and O–H groups in total. The highest BCUT2D eigenvalue weighted by Gasteiger charge is 2.67. The smallest absolute Gasteiger partial charge is 0.325 e. The fraction of sp³-hybridized carbons (Fsp3) is 0.833. The zero-order chi connectivity index (χ0) is 11.4. The van der Waals surface area contributed by atoms with Gasteiger partial charge >= 0.3 is 5.97 Å². The molecular weight excluding hydrogens is 206 g/mol. The molecule has 0 radical (unpaired) electrons. The lowest BCUT2D eigenvalue weighted by Crippen LogP contribution is -2.40. The van der Waals surface area contributed by atoms with Gasteiger partial charge in [0, 0.05) is 5.92 Å². The lowest BCUT2D eigenvalue weighted by atomic mass is 10.0. The summed E-state index contributed by atoms with van der Waals surface area (Å²) < 4.78 is 0. The van der Waals surface area contributed by atoms with Crippen molar-refractivity contribution in [2.45, 2.75) is 32.2 Å². The molecule has 0 aromatic heterocycles. The summed E-state index contributed by atoms with van der Waals surface area (Å²) in [6, 6.07) is -0.758. The molecule has 0 saturated heterocycles. The third-order valence-electron chi connectivity index (χ3n) is 4.77. The minimum absolute atomic E-state index is 0.0264. The van der Waals surface area contributed by atoms with E-state index in [9.17, 15) is 9.59 Å². The van der Waals surface area contributed by atoms with Gasteiger partial charge in [-0.05, 0) is 49.9 Å². The molecule has 0 spiro atoms. The van der Waals surface area contributed by atoms with Crippen molar-refractivity contribution >= 4 is 11.9 Å². The molecular formula is C12H17NO3. The molecule has 3 rings (SSSR count). The second-order valence-corrected chi connectivity index (χ2v) is 5.58. The fourth-order valence-electron chi connectivity index (χ4n) is 4.05. The number of hydrogen-bond acceptors (Lipinski definition) is 2. The molecule has 4 unspecified atom stereocenters. The van der Waals surface area contributed by atoms with Crippen LogP contribution in [0.5, 0.6) is 0 Å². The first kappa shape index (κ1) is 10.1. The average Bonchev–Trinajstić information content (AvgIpc) is 2.68. The van der Waals surface area contributed by atoms with Gasteiger partial charge in [-0.1, -0.05) is 0 Å². The summed E-state index contributed by atoms with van der Waals surface area (Å²) >= 11 is 0. The molecule has 0 aliphatic heterocycles. The van der Waals surface area contributed by atoms with Gasteiger partial charge in [-0.2, -0.15) is 0 Å². The zero-order valence-corrected chi connectivity index (χ0v) is 9.35. The Hall–Kier alpha value is -1.06. The van der Waals surface area contributed by atoms with E-state index in [2.05, 4.69) is 5.32 Å². The van der Waals surface area contributed by atoms with Crippen LogP contribution < -0.4 is 5.32 Å². The highest BCUT2D eigenvalue weighted by molar-refractivity contribution is 5.87. The summed E-state index contributed by atoms with van der Waals surface area (Å²) in [4.78, 5) is 22.5. The maximum absolute atomic E-state index is 11.9. The molecule has 3 saturated carbocycles. The molecule has 88 valence electrons. The first-order valence-electron chi connectivity index (χ1n) is 6.12. The van der Waals surface area contributed by atoms with E-state index in [1.165, 1.54) is 26.2 Å². The van der Waals surface area contributed by atoms with Crippen molar-refractivity contribution in [3.63, 3.8) is 0 Å².